The first kappa shape index (κ1) is 27.1. The zero-order chi connectivity index (χ0) is 29.5. The SMILES string of the molecule is O=C(OCc1ccccc1)N1CC[C@@]23CCCCC2[C@@H]1Cc1c3cc(OCc2ccccc2)c2c1C=Cc1ccccc1N2. The molecule has 5 nitrogen and oxygen atoms in total. The lowest BCUT2D eigenvalue weighted by atomic mass is 9.52. The Hall–Kier alpha value is -4.51. The van der Waals surface area contributed by atoms with Gasteiger partial charge >= 0.3 is 6.09 Å². The predicted octanol–water partition coefficient (Wildman–Crippen LogP) is 8.89. The molecule has 1 unspecified atom stereocenters. The zero-order valence-corrected chi connectivity index (χ0v) is 25.0. The fourth-order valence-electron chi connectivity index (χ4n) is 8.41. The maximum absolute atomic E-state index is 13.7. The molecule has 4 aliphatic rings. The van der Waals surface area contributed by atoms with E-state index in [-0.39, 0.29) is 17.6 Å². The Morgan fingerprint density at radius 1 is 0.864 bits per heavy atom. The number of carbonyl (C=O) groups is 1. The average molecular weight is 583 g/mol. The number of fused-ring (bicyclic) bond motifs is 4. The number of hydrogen-bond donors (Lipinski definition) is 1. The third-order valence-corrected chi connectivity index (χ3v) is 10.5. The van der Waals surface area contributed by atoms with Gasteiger partial charge in [-0.1, -0.05) is 104 Å². The molecule has 4 aromatic rings. The molecule has 0 aromatic heterocycles. The van der Waals surface area contributed by atoms with Crippen LogP contribution in [-0.2, 0) is 29.8 Å². The Kier molecular flexibility index (Phi) is 6.89. The van der Waals surface area contributed by atoms with Crippen LogP contribution in [0.4, 0.5) is 16.2 Å². The minimum Gasteiger partial charge on any atom is -0.487 e. The molecule has 0 radical (unpaired) electrons. The van der Waals surface area contributed by atoms with Crippen LogP contribution < -0.4 is 10.1 Å². The normalized spacial score (nSPS) is 22.8. The number of para-hydroxylation sites is 1. The van der Waals surface area contributed by atoms with E-state index in [9.17, 15) is 4.79 Å². The van der Waals surface area contributed by atoms with Gasteiger partial charge in [0, 0.05) is 29.3 Å². The molecule has 3 atom stereocenters. The number of likely N-dealkylation sites (tertiary alicyclic amines) is 1. The van der Waals surface area contributed by atoms with Crippen molar-refractivity contribution in [3.63, 3.8) is 0 Å². The van der Waals surface area contributed by atoms with E-state index in [4.69, 9.17) is 9.47 Å². The Morgan fingerprint density at radius 2 is 1.61 bits per heavy atom. The number of piperidine rings is 1. The van der Waals surface area contributed by atoms with E-state index in [0.29, 0.717) is 19.1 Å². The fourth-order valence-corrected chi connectivity index (χ4v) is 8.41. The van der Waals surface area contributed by atoms with Gasteiger partial charge < -0.3 is 19.7 Å². The van der Waals surface area contributed by atoms with Gasteiger partial charge in [0.25, 0.3) is 0 Å². The quantitative estimate of drug-likeness (QED) is 0.225. The first-order valence-corrected chi connectivity index (χ1v) is 16.1. The molecular weight excluding hydrogens is 544 g/mol. The van der Waals surface area contributed by atoms with Gasteiger partial charge in [-0.05, 0) is 71.6 Å². The minimum absolute atomic E-state index is 0.0413. The van der Waals surface area contributed by atoms with E-state index in [1.165, 1.54) is 29.5 Å². The maximum atomic E-state index is 13.7. The van der Waals surface area contributed by atoms with Gasteiger partial charge in [0.15, 0.2) is 0 Å². The molecule has 5 heteroatoms. The monoisotopic (exact) mass is 582 g/mol. The van der Waals surface area contributed by atoms with E-state index in [1.54, 1.807) is 0 Å². The van der Waals surface area contributed by atoms with Crippen molar-refractivity contribution in [2.45, 2.75) is 63.2 Å². The van der Waals surface area contributed by atoms with Gasteiger partial charge in [-0.2, -0.15) is 0 Å². The molecule has 222 valence electrons. The van der Waals surface area contributed by atoms with Crippen LogP contribution in [0.1, 0.15) is 65.5 Å². The second-order valence-corrected chi connectivity index (χ2v) is 12.8. The predicted molar refractivity (Wildman–Crippen MR) is 175 cm³/mol. The van der Waals surface area contributed by atoms with Crippen LogP contribution in [0, 0.1) is 5.92 Å². The number of amides is 1. The summed E-state index contributed by atoms with van der Waals surface area (Å²) in [5.74, 6) is 1.33. The molecule has 2 fully saturated rings. The first-order valence-electron chi connectivity index (χ1n) is 16.1. The summed E-state index contributed by atoms with van der Waals surface area (Å²) in [7, 11) is 0. The molecule has 1 amide bonds. The van der Waals surface area contributed by atoms with Gasteiger partial charge in [0.05, 0.1) is 5.69 Å². The molecule has 0 spiro atoms. The lowest BCUT2D eigenvalue weighted by molar-refractivity contribution is -0.0137. The summed E-state index contributed by atoms with van der Waals surface area (Å²) >= 11 is 0. The standard InChI is InChI=1S/C39H38N2O3/c42-38(44-26-28-13-5-2-6-14-28)41-22-21-39-20-10-9-16-32(39)35(41)23-31-30-19-18-29-15-7-8-17-34(29)40-37(30)36(24-33(31)39)43-25-27-11-3-1-4-12-27/h1-8,11-15,17-19,24,32,35,40H,9-10,16,20-23,25-26H2/t32?,35-,39-/m0/s1. The van der Waals surface area contributed by atoms with Crippen molar-refractivity contribution in [3.05, 3.63) is 124 Å². The number of carbonyl (C=O) groups excluding carboxylic acids is 1. The van der Waals surface area contributed by atoms with Crippen molar-refractivity contribution < 1.29 is 14.3 Å². The number of benzene rings is 4. The van der Waals surface area contributed by atoms with Crippen molar-refractivity contribution in [2.24, 2.45) is 5.92 Å². The van der Waals surface area contributed by atoms with Gasteiger partial charge in [-0.25, -0.2) is 4.79 Å². The molecule has 44 heavy (non-hydrogen) atoms. The Labute approximate surface area is 259 Å². The van der Waals surface area contributed by atoms with E-state index >= 15 is 0 Å². The number of hydrogen-bond acceptors (Lipinski definition) is 4. The van der Waals surface area contributed by atoms with Crippen molar-refractivity contribution >= 4 is 29.6 Å². The number of ether oxygens (including phenoxy) is 2. The summed E-state index contributed by atoms with van der Waals surface area (Å²) in [4.78, 5) is 15.7. The third kappa shape index (κ3) is 4.66. The van der Waals surface area contributed by atoms with E-state index in [0.717, 1.165) is 66.0 Å². The number of nitrogens with zero attached hydrogens (tertiary/aromatic N) is 1. The zero-order valence-electron chi connectivity index (χ0n) is 25.0. The molecule has 2 bridgehead atoms. The van der Waals surface area contributed by atoms with Crippen molar-refractivity contribution in [1.82, 2.24) is 4.90 Å². The van der Waals surface area contributed by atoms with Crippen LogP contribution in [-0.4, -0.2) is 23.6 Å². The van der Waals surface area contributed by atoms with Gasteiger partial charge in [0.2, 0.25) is 0 Å². The molecule has 1 saturated heterocycles. The van der Waals surface area contributed by atoms with Crippen LogP contribution in [0.5, 0.6) is 5.75 Å². The van der Waals surface area contributed by atoms with Crippen molar-refractivity contribution in [3.8, 4) is 5.75 Å². The lowest BCUT2D eigenvalue weighted by Gasteiger charge is -2.59. The van der Waals surface area contributed by atoms with Crippen LogP contribution in [0.3, 0.4) is 0 Å². The van der Waals surface area contributed by atoms with Crippen molar-refractivity contribution in [2.75, 3.05) is 11.9 Å². The second kappa shape index (κ2) is 11.2. The Balaban J connectivity index is 1.20. The highest BCUT2D eigenvalue weighted by Crippen LogP contribution is 2.58. The van der Waals surface area contributed by atoms with Crippen molar-refractivity contribution in [1.29, 1.82) is 0 Å². The summed E-state index contributed by atoms with van der Waals surface area (Å²) in [6.45, 7) is 1.54. The summed E-state index contributed by atoms with van der Waals surface area (Å²) in [5.41, 5.74) is 9.44. The topological polar surface area (TPSA) is 50.8 Å². The average Bonchev–Trinajstić information content (AvgIpc) is 3.28. The highest BCUT2D eigenvalue weighted by Gasteiger charge is 2.56. The van der Waals surface area contributed by atoms with Crippen LogP contribution in [0.25, 0.3) is 12.2 Å². The molecular formula is C39H38N2O3. The molecule has 2 aliphatic carbocycles. The maximum Gasteiger partial charge on any atom is 0.410 e. The lowest BCUT2D eigenvalue weighted by Crippen LogP contribution is -2.62. The number of nitrogens with one attached hydrogen (secondary N) is 1. The smallest absolute Gasteiger partial charge is 0.410 e. The Morgan fingerprint density at radius 3 is 2.43 bits per heavy atom. The second-order valence-electron chi connectivity index (χ2n) is 12.8. The summed E-state index contributed by atoms with van der Waals surface area (Å²) in [6, 6.07) is 31.3. The first-order chi connectivity index (χ1) is 21.7. The Bertz CT molecular complexity index is 1720. The van der Waals surface area contributed by atoms with Gasteiger partial charge in [0.1, 0.15) is 19.0 Å². The van der Waals surface area contributed by atoms with E-state index in [2.05, 4.69) is 77.0 Å². The molecule has 2 heterocycles. The van der Waals surface area contributed by atoms with Crippen LogP contribution in [0.2, 0.25) is 0 Å². The van der Waals surface area contributed by atoms with Crippen LogP contribution >= 0.6 is 0 Å². The summed E-state index contributed by atoms with van der Waals surface area (Å²) in [6.07, 6.45) is 10.8. The minimum atomic E-state index is -0.184. The molecule has 1 N–H and O–H groups in total. The van der Waals surface area contributed by atoms with Gasteiger partial charge in [-0.15, -0.1) is 0 Å². The number of rotatable bonds is 5. The molecule has 4 aromatic carbocycles. The van der Waals surface area contributed by atoms with Crippen LogP contribution in [0.15, 0.2) is 91.0 Å². The molecule has 1 saturated carbocycles. The summed E-state index contributed by atoms with van der Waals surface area (Å²) < 4.78 is 12.6. The fraction of sp³-hybridized carbons (Fsp3) is 0.308. The highest BCUT2D eigenvalue weighted by molar-refractivity contribution is 5.92. The molecule has 8 rings (SSSR count). The van der Waals surface area contributed by atoms with Gasteiger partial charge in [-0.3, -0.25) is 0 Å². The van der Waals surface area contributed by atoms with E-state index in [1.807, 2.05) is 36.4 Å². The molecule has 2 aliphatic heterocycles. The largest absolute Gasteiger partial charge is 0.487 e. The summed E-state index contributed by atoms with van der Waals surface area (Å²) in [5, 5.41) is 3.77. The number of anilines is 2. The highest BCUT2D eigenvalue weighted by atomic mass is 16.6. The van der Waals surface area contributed by atoms with E-state index < -0.39 is 0 Å². The third-order valence-electron chi connectivity index (χ3n) is 10.5.